The standard InChI is InChI=1S/C10H10O6/c11-7(10(12)13)4-14-6-1-2-8-9(3-6)16-5-15-8/h1-3,7,11H,4-5H2,(H,12,13)/t7-/m1/s1. The summed E-state index contributed by atoms with van der Waals surface area (Å²) in [7, 11) is 0. The summed E-state index contributed by atoms with van der Waals surface area (Å²) in [5.41, 5.74) is 0. The van der Waals surface area contributed by atoms with E-state index in [1.54, 1.807) is 18.2 Å². The first-order chi connectivity index (χ1) is 7.66. The SMILES string of the molecule is O=C(O)[C@H](O)COc1ccc2c(c1)OCO2. The zero-order valence-electron chi connectivity index (χ0n) is 8.25. The molecule has 1 aliphatic heterocycles. The van der Waals surface area contributed by atoms with Crippen molar-refractivity contribution in [1.82, 2.24) is 0 Å². The number of aliphatic hydroxyl groups is 1. The summed E-state index contributed by atoms with van der Waals surface area (Å²) < 4.78 is 15.3. The van der Waals surface area contributed by atoms with Crippen LogP contribution in [-0.4, -0.2) is 35.7 Å². The van der Waals surface area contributed by atoms with Crippen molar-refractivity contribution in [3.8, 4) is 17.2 Å². The van der Waals surface area contributed by atoms with Gasteiger partial charge in [-0.15, -0.1) is 0 Å². The molecule has 2 N–H and O–H groups in total. The van der Waals surface area contributed by atoms with Crippen LogP contribution in [0, 0.1) is 0 Å². The molecule has 16 heavy (non-hydrogen) atoms. The quantitative estimate of drug-likeness (QED) is 0.764. The number of carboxylic acid groups (broad SMARTS) is 1. The van der Waals surface area contributed by atoms with Gasteiger partial charge in [-0.1, -0.05) is 0 Å². The molecule has 1 aliphatic rings. The summed E-state index contributed by atoms with van der Waals surface area (Å²) in [6.45, 7) is -0.147. The second-order valence-electron chi connectivity index (χ2n) is 3.18. The molecule has 0 radical (unpaired) electrons. The van der Waals surface area contributed by atoms with E-state index in [-0.39, 0.29) is 13.4 Å². The highest BCUT2D eigenvalue weighted by atomic mass is 16.7. The van der Waals surface area contributed by atoms with E-state index in [0.29, 0.717) is 17.2 Å². The molecule has 0 unspecified atom stereocenters. The Morgan fingerprint density at radius 3 is 2.94 bits per heavy atom. The minimum atomic E-state index is -1.54. The van der Waals surface area contributed by atoms with Gasteiger partial charge in [0.05, 0.1) is 0 Å². The Balaban J connectivity index is 1.98. The van der Waals surface area contributed by atoms with Crippen LogP contribution >= 0.6 is 0 Å². The van der Waals surface area contributed by atoms with E-state index in [1.165, 1.54) is 0 Å². The molecule has 0 aromatic heterocycles. The molecule has 0 saturated heterocycles. The van der Waals surface area contributed by atoms with Crippen molar-refractivity contribution in [2.24, 2.45) is 0 Å². The highest BCUT2D eigenvalue weighted by Gasteiger charge is 2.16. The zero-order valence-corrected chi connectivity index (χ0v) is 8.25. The highest BCUT2D eigenvalue weighted by molar-refractivity contribution is 5.72. The van der Waals surface area contributed by atoms with Crippen molar-refractivity contribution in [1.29, 1.82) is 0 Å². The maximum absolute atomic E-state index is 10.3. The molecule has 0 saturated carbocycles. The van der Waals surface area contributed by atoms with E-state index in [9.17, 15) is 4.79 Å². The lowest BCUT2D eigenvalue weighted by Crippen LogP contribution is -2.26. The van der Waals surface area contributed by atoms with Gasteiger partial charge in [-0.25, -0.2) is 4.79 Å². The molecule has 2 rings (SSSR count). The van der Waals surface area contributed by atoms with Gasteiger partial charge < -0.3 is 24.4 Å². The fourth-order valence-corrected chi connectivity index (χ4v) is 1.21. The van der Waals surface area contributed by atoms with Crippen LogP contribution in [0.2, 0.25) is 0 Å². The summed E-state index contributed by atoms with van der Waals surface area (Å²) in [4.78, 5) is 10.3. The first-order valence-electron chi connectivity index (χ1n) is 4.60. The van der Waals surface area contributed by atoms with E-state index in [1.807, 2.05) is 0 Å². The van der Waals surface area contributed by atoms with E-state index in [2.05, 4.69) is 0 Å². The van der Waals surface area contributed by atoms with Crippen molar-refractivity contribution in [2.75, 3.05) is 13.4 Å². The van der Waals surface area contributed by atoms with Crippen LogP contribution in [0.3, 0.4) is 0 Å². The zero-order chi connectivity index (χ0) is 11.5. The van der Waals surface area contributed by atoms with Gasteiger partial charge in [0.25, 0.3) is 0 Å². The van der Waals surface area contributed by atoms with Gasteiger partial charge in [0.1, 0.15) is 12.4 Å². The van der Waals surface area contributed by atoms with E-state index in [4.69, 9.17) is 24.4 Å². The lowest BCUT2D eigenvalue weighted by atomic mass is 10.3. The average molecular weight is 226 g/mol. The minimum absolute atomic E-state index is 0.163. The Kier molecular flexibility index (Phi) is 2.82. The molecule has 1 aromatic carbocycles. The highest BCUT2D eigenvalue weighted by Crippen LogP contribution is 2.35. The third kappa shape index (κ3) is 2.17. The largest absolute Gasteiger partial charge is 0.490 e. The Labute approximate surface area is 91.0 Å². The molecule has 6 heteroatoms. The Morgan fingerprint density at radius 1 is 1.44 bits per heavy atom. The van der Waals surface area contributed by atoms with Crippen molar-refractivity contribution < 1.29 is 29.2 Å². The average Bonchev–Trinajstić information content (AvgIpc) is 2.72. The van der Waals surface area contributed by atoms with Gasteiger partial charge in [0.2, 0.25) is 6.79 Å². The van der Waals surface area contributed by atoms with Crippen LogP contribution in [0.1, 0.15) is 0 Å². The third-order valence-corrected chi connectivity index (χ3v) is 2.04. The topological polar surface area (TPSA) is 85.2 Å². The van der Waals surface area contributed by atoms with E-state index < -0.39 is 12.1 Å². The Bertz CT molecular complexity index is 402. The summed E-state index contributed by atoms with van der Waals surface area (Å²) in [5, 5.41) is 17.4. The van der Waals surface area contributed by atoms with Crippen LogP contribution < -0.4 is 14.2 Å². The van der Waals surface area contributed by atoms with Gasteiger partial charge in [0.15, 0.2) is 17.6 Å². The minimum Gasteiger partial charge on any atom is -0.490 e. The first-order valence-corrected chi connectivity index (χ1v) is 4.60. The number of rotatable bonds is 4. The number of carbonyl (C=O) groups is 1. The first kappa shape index (κ1) is 10.6. The number of hydrogen-bond acceptors (Lipinski definition) is 5. The fraction of sp³-hybridized carbons (Fsp3) is 0.300. The molecule has 1 heterocycles. The van der Waals surface area contributed by atoms with Crippen molar-refractivity contribution in [3.05, 3.63) is 18.2 Å². The van der Waals surface area contributed by atoms with Crippen molar-refractivity contribution in [2.45, 2.75) is 6.10 Å². The lowest BCUT2D eigenvalue weighted by molar-refractivity contribution is -0.148. The number of benzene rings is 1. The third-order valence-electron chi connectivity index (χ3n) is 2.04. The fourth-order valence-electron chi connectivity index (χ4n) is 1.21. The maximum atomic E-state index is 10.3. The van der Waals surface area contributed by atoms with Gasteiger partial charge in [-0.3, -0.25) is 0 Å². The van der Waals surface area contributed by atoms with Crippen LogP contribution in [0.15, 0.2) is 18.2 Å². The number of carboxylic acids is 1. The van der Waals surface area contributed by atoms with Crippen LogP contribution in [0.5, 0.6) is 17.2 Å². The van der Waals surface area contributed by atoms with Crippen LogP contribution in [0.4, 0.5) is 0 Å². The Morgan fingerprint density at radius 2 is 2.19 bits per heavy atom. The monoisotopic (exact) mass is 226 g/mol. The van der Waals surface area contributed by atoms with Gasteiger partial charge >= 0.3 is 5.97 Å². The number of aliphatic hydroxyl groups excluding tert-OH is 1. The molecular weight excluding hydrogens is 216 g/mol. The molecule has 1 atom stereocenters. The molecule has 0 fully saturated rings. The molecule has 6 nitrogen and oxygen atoms in total. The molecule has 1 aromatic rings. The normalized spacial score (nSPS) is 14.6. The summed E-state index contributed by atoms with van der Waals surface area (Å²) in [6, 6.07) is 4.85. The summed E-state index contributed by atoms with van der Waals surface area (Å²) in [6.07, 6.45) is -1.54. The molecule has 0 aliphatic carbocycles. The van der Waals surface area contributed by atoms with Crippen LogP contribution in [-0.2, 0) is 4.79 Å². The second-order valence-corrected chi connectivity index (χ2v) is 3.18. The molecule has 0 amide bonds. The molecule has 86 valence electrons. The number of hydrogen-bond donors (Lipinski definition) is 2. The van der Waals surface area contributed by atoms with Gasteiger partial charge in [-0.2, -0.15) is 0 Å². The second kappa shape index (κ2) is 4.28. The van der Waals surface area contributed by atoms with Crippen molar-refractivity contribution >= 4 is 5.97 Å². The number of ether oxygens (including phenoxy) is 3. The summed E-state index contributed by atoms with van der Waals surface area (Å²) in [5.74, 6) is 0.263. The predicted octanol–water partition coefficient (Wildman–Crippen LogP) is 0.240. The maximum Gasteiger partial charge on any atom is 0.336 e. The summed E-state index contributed by atoms with van der Waals surface area (Å²) >= 11 is 0. The number of fused-ring (bicyclic) bond motifs is 1. The smallest absolute Gasteiger partial charge is 0.336 e. The van der Waals surface area contributed by atoms with E-state index >= 15 is 0 Å². The predicted molar refractivity (Wildman–Crippen MR) is 51.7 cm³/mol. The lowest BCUT2D eigenvalue weighted by Gasteiger charge is -2.08. The van der Waals surface area contributed by atoms with Crippen LogP contribution in [0.25, 0.3) is 0 Å². The number of aliphatic carboxylic acids is 1. The van der Waals surface area contributed by atoms with Crippen molar-refractivity contribution in [3.63, 3.8) is 0 Å². The van der Waals surface area contributed by atoms with Gasteiger partial charge in [0, 0.05) is 6.07 Å². The molecule has 0 bridgehead atoms. The van der Waals surface area contributed by atoms with Gasteiger partial charge in [-0.05, 0) is 12.1 Å². The molecule has 0 spiro atoms. The van der Waals surface area contributed by atoms with E-state index in [0.717, 1.165) is 0 Å². The Hall–Kier alpha value is -1.95. The molecular formula is C10H10O6.